The highest BCUT2D eigenvalue weighted by molar-refractivity contribution is 6.37. The molecule has 0 unspecified atom stereocenters. The van der Waals surface area contributed by atoms with Crippen molar-refractivity contribution in [1.29, 1.82) is 0 Å². The highest BCUT2D eigenvalue weighted by Gasteiger charge is 2.48. The minimum Gasteiger partial charge on any atom is -0.461 e. The molecule has 0 spiro atoms. The van der Waals surface area contributed by atoms with Crippen molar-refractivity contribution in [2.24, 2.45) is 5.10 Å². The van der Waals surface area contributed by atoms with Gasteiger partial charge in [-0.3, -0.25) is 14.9 Å². The molecule has 150 valence electrons. The lowest BCUT2D eigenvalue weighted by atomic mass is 9.96. The molecule has 9 nitrogen and oxygen atoms in total. The van der Waals surface area contributed by atoms with Crippen LogP contribution in [0.2, 0.25) is 5.02 Å². The lowest BCUT2D eigenvalue weighted by Gasteiger charge is -2.31. The summed E-state index contributed by atoms with van der Waals surface area (Å²) in [4.78, 5) is 35.4. The number of hydrogen-bond donors (Lipinski definition) is 1. The summed E-state index contributed by atoms with van der Waals surface area (Å²) < 4.78 is 4.94. The van der Waals surface area contributed by atoms with E-state index in [-0.39, 0.29) is 30.0 Å². The van der Waals surface area contributed by atoms with Crippen LogP contribution in [0.3, 0.4) is 0 Å². The van der Waals surface area contributed by atoms with Gasteiger partial charge in [0.1, 0.15) is 0 Å². The first-order valence-electron chi connectivity index (χ1n) is 8.58. The molecule has 1 aliphatic heterocycles. The molecule has 0 saturated heterocycles. The molecule has 0 fully saturated rings. The van der Waals surface area contributed by atoms with E-state index in [0.717, 1.165) is 5.01 Å². The molecule has 1 N–H and O–H groups in total. The number of ether oxygens (including phenoxy) is 1. The van der Waals surface area contributed by atoms with Gasteiger partial charge in [-0.05, 0) is 31.2 Å². The van der Waals surface area contributed by atoms with Gasteiger partial charge in [-0.1, -0.05) is 23.7 Å². The van der Waals surface area contributed by atoms with Gasteiger partial charge in [0.15, 0.2) is 11.4 Å². The molecule has 0 aliphatic carbocycles. The third kappa shape index (κ3) is 3.96. The molecule has 1 atom stereocenters. The minimum absolute atomic E-state index is 0.0526. The van der Waals surface area contributed by atoms with Gasteiger partial charge in [-0.25, -0.2) is 4.79 Å². The van der Waals surface area contributed by atoms with Crippen molar-refractivity contribution >= 4 is 34.9 Å². The number of hydrogen-bond acceptors (Lipinski definition) is 7. The van der Waals surface area contributed by atoms with Gasteiger partial charge in [0, 0.05) is 28.3 Å². The molecule has 1 amide bonds. The van der Waals surface area contributed by atoms with Crippen molar-refractivity contribution in [3.05, 3.63) is 74.8 Å². The molecule has 1 aliphatic rings. The maximum atomic E-state index is 13.0. The molecule has 1 heterocycles. The molecular weight excluding hydrogens is 402 g/mol. The number of non-ortho nitro benzene ring substituents is 1. The molecule has 10 heteroatoms. The van der Waals surface area contributed by atoms with E-state index in [1.54, 1.807) is 6.92 Å². The minimum atomic E-state index is -1.95. The number of carbonyl (C=O) groups excluding carboxylic acids is 2. The fourth-order valence-electron chi connectivity index (χ4n) is 2.88. The van der Waals surface area contributed by atoms with Gasteiger partial charge >= 0.3 is 5.97 Å². The number of carbonyl (C=O) groups is 2. The monoisotopic (exact) mass is 417 g/mol. The standard InChI is InChI=1S/C19H16ClN3O6/c1-2-29-18(25)16-11-19(26,13-5-7-14(20)8-6-13)22(21-16)17(24)12-3-9-15(10-4-12)23(27)28/h3-10,26H,2,11H2,1H3/t19-/m1/s1. The van der Waals surface area contributed by atoms with E-state index in [1.807, 2.05) is 0 Å². The number of benzene rings is 2. The van der Waals surface area contributed by atoms with Crippen LogP contribution in [-0.4, -0.2) is 39.2 Å². The van der Waals surface area contributed by atoms with Gasteiger partial charge in [-0.2, -0.15) is 10.1 Å². The van der Waals surface area contributed by atoms with Crippen LogP contribution in [0, 0.1) is 10.1 Å². The molecule has 2 aromatic rings. The summed E-state index contributed by atoms with van der Waals surface area (Å²) in [5.41, 5.74) is -1.92. The smallest absolute Gasteiger partial charge is 0.354 e. The average molecular weight is 418 g/mol. The van der Waals surface area contributed by atoms with Crippen molar-refractivity contribution < 1.29 is 24.4 Å². The Bertz CT molecular complexity index is 990. The fourth-order valence-corrected chi connectivity index (χ4v) is 3.00. The highest BCUT2D eigenvalue weighted by Crippen LogP contribution is 2.37. The Kier molecular flexibility index (Phi) is 5.62. The number of hydrazone groups is 1. The lowest BCUT2D eigenvalue weighted by molar-refractivity contribution is -0.384. The Hall–Kier alpha value is -3.30. The van der Waals surface area contributed by atoms with E-state index in [9.17, 15) is 24.8 Å². The first kappa shape index (κ1) is 20.4. The summed E-state index contributed by atoms with van der Waals surface area (Å²) >= 11 is 5.90. The molecule has 0 saturated carbocycles. The Balaban J connectivity index is 2.01. The first-order valence-corrected chi connectivity index (χ1v) is 8.96. The molecule has 2 aromatic carbocycles. The number of amides is 1. The van der Waals surface area contributed by atoms with Crippen LogP contribution in [0.5, 0.6) is 0 Å². The van der Waals surface area contributed by atoms with E-state index in [4.69, 9.17) is 16.3 Å². The second kappa shape index (κ2) is 7.98. The zero-order valence-electron chi connectivity index (χ0n) is 15.2. The van der Waals surface area contributed by atoms with Crippen LogP contribution in [0.15, 0.2) is 53.6 Å². The average Bonchev–Trinajstić information content (AvgIpc) is 3.07. The Morgan fingerprint density at radius 1 is 1.24 bits per heavy atom. The lowest BCUT2D eigenvalue weighted by Crippen LogP contribution is -2.43. The molecule has 0 radical (unpaired) electrons. The van der Waals surface area contributed by atoms with Crippen molar-refractivity contribution in [2.45, 2.75) is 19.1 Å². The van der Waals surface area contributed by atoms with E-state index in [1.165, 1.54) is 48.5 Å². The number of halogens is 1. The van der Waals surface area contributed by atoms with Gasteiger partial charge in [-0.15, -0.1) is 0 Å². The Labute approximate surface area is 170 Å². The first-order chi connectivity index (χ1) is 13.8. The maximum absolute atomic E-state index is 13.0. The summed E-state index contributed by atoms with van der Waals surface area (Å²) in [6.45, 7) is 1.73. The molecule has 29 heavy (non-hydrogen) atoms. The predicted molar refractivity (Wildman–Crippen MR) is 103 cm³/mol. The van der Waals surface area contributed by atoms with E-state index >= 15 is 0 Å². The summed E-state index contributed by atoms with van der Waals surface area (Å²) in [7, 11) is 0. The molecule has 0 aromatic heterocycles. The summed E-state index contributed by atoms with van der Waals surface area (Å²) in [6, 6.07) is 10.9. The second-order valence-corrected chi connectivity index (χ2v) is 6.62. The molecule has 3 rings (SSSR count). The van der Waals surface area contributed by atoms with Gasteiger partial charge < -0.3 is 9.84 Å². The SMILES string of the molecule is CCOC(=O)C1=NN(C(=O)c2ccc([N+](=O)[O-])cc2)[C@](O)(c2ccc(Cl)cc2)C1. The van der Waals surface area contributed by atoms with Crippen molar-refractivity contribution in [2.75, 3.05) is 6.61 Å². The van der Waals surface area contributed by atoms with Crippen LogP contribution >= 0.6 is 11.6 Å². The van der Waals surface area contributed by atoms with E-state index in [2.05, 4.69) is 5.10 Å². The van der Waals surface area contributed by atoms with Crippen molar-refractivity contribution in [3.63, 3.8) is 0 Å². The summed E-state index contributed by atoms with van der Waals surface area (Å²) in [5, 5.41) is 27.3. The van der Waals surface area contributed by atoms with Crippen molar-refractivity contribution in [3.8, 4) is 0 Å². The number of rotatable bonds is 5. The van der Waals surface area contributed by atoms with E-state index < -0.39 is 22.5 Å². The second-order valence-electron chi connectivity index (χ2n) is 6.19. The number of esters is 1. The van der Waals surface area contributed by atoms with E-state index in [0.29, 0.717) is 10.6 Å². The van der Waals surface area contributed by atoms with Gasteiger partial charge in [0.05, 0.1) is 18.0 Å². The van der Waals surface area contributed by atoms with Crippen LogP contribution in [0.25, 0.3) is 0 Å². The quantitative estimate of drug-likeness (QED) is 0.453. The van der Waals surface area contributed by atoms with Crippen LogP contribution < -0.4 is 0 Å². The number of nitrogens with zero attached hydrogens (tertiary/aromatic N) is 3. The third-order valence-electron chi connectivity index (χ3n) is 4.32. The van der Waals surface area contributed by atoms with Gasteiger partial charge in [0.2, 0.25) is 0 Å². The number of aliphatic hydroxyl groups is 1. The number of nitro benzene ring substituents is 1. The van der Waals surface area contributed by atoms with Crippen LogP contribution in [0.4, 0.5) is 5.69 Å². The fraction of sp³-hybridized carbons (Fsp3) is 0.211. The number of nitro groups is 1. The summed E-state index contributed by atoms with van der Waals surface area (Å²) in [6.07, 6.45) is -0.286. The Morgan fingerprint density at radius 3 is 2.41 bits per heavy atom. The maximum Gasteiger partial charge on any atom is 0.354 e. The zero-order valence-corrected chi connectivity index (χ0v) is 16.0. The largest absolute Gasteiger partial charge is 0.461 e. The highest BCUT2D eigenvalue weighted by atomic mass is 35.5. The Morgan fingerprint density at radius 2 is 1.86 bits per heavy atom. The van der Waals surface area contributed by atoms with Crippen LogP contribution in [0.1, 0.15) is 29.3 Å². The van der Waals surface area contributed by atoms with Crippen LogP contribution in [-0.2, 0) is 15.3 Å². The molecule has 0 bridgehead atoms. The van der Waals surface area contributed by atoms with Gasteiger partial charge in [0.25, 0.3) is 11.6 Å². The van der Waals surface area contributed by atoms with Crippen molar-refractivity contribution in [1.82, 2.24) is 5.01 Å². The normalized spacial score (nSPS) is 18.3. The predicted octanol–water partition coefficient (Wildman–Crippen LogP) is 2.86. The summed E-state index contributed by atoms with van der Waals surface area (Å²) in [5.74, 6) is -1.49. The topological polar surface area (TPSA) is 122 Å². The third-order valence-corrected chi connectivity index (χ3v) is 4.57. The molecular formula is C19H16ClN3O6. The zero-order chi connectivity index (χ0) is 21.2.